The molecule has 2 aromatic heterocycles. The Morgan fingerprint density at radius 1 is 1.22 bits per heavy atom. The number of hydrogen-bond acceptors (Lipinski definition) is 5. The Balaban J connectivity index is 2.06. The van der Waals surface area contributed by atoms with E-state index in [1.165, 1.54) is 0 Å². The van der Waals surface area contributed by atoms with Gasteiger partial charge in [0.2, 0.25) is 0 Å². The first-order valence-corrected chi connectivity index (χ1v) is 5.40. The Labute approximate surface area is 103 Å². The Morgan fingerprint density at radius 3 is 2.89 bits per heavy atom. The summed E-state index contributed by atoms with van der Waals surface area (Å²) in [6.45, 7) is 0. The molecule has 6 nitrogen and oxygen atoms in total. The topological polar surface area (TPSA) is 78.8 Å². The van der Waals surface area contributed by atoms with Gasteiger partial charge in [-0.25, -0.2) is 0 Å². The van der Waals surface area contributed by atoms with Crippen LogP contribution < -0.4 is 10.5 Å². The standard InChI is InChI=1S/C12H11N5O/c1-17-7-15-12(16-17)18-11-4-5-14-10-6-8(13)2-3-9(10)11/h2-7H,13H2,1H3. The monoisotopic (exact) mass is 241 g/mol. The van der Waals surface area contributed by atoms with Gasteiger partial charge in [0.15, 0.2) is 0 Å². The lowest BCUT2D eigenvalue weighted by Gasteiger charge is -2.05. The Kier molecular flexibility index (Phi) is 2.33. The Hall–Kier alpha value is -2.63. The van der Waals surface area contributed by atoms with Crippen molar-refractivity contribution in [3.05, 3.63) is 36.8 Å². The molecule has 0 aliphatic carbocycles. The van der Waals surface area contributed by atoms with Crippen LogP contribution >= 0.6 is 0 Å². The summed E-state index contributed by atoms with van der Waals surface area (Å²) in [6.07, 6.45) is 3.25. The van der Waals surface area contributed by atoms with Gasteiger partial charge in [0.1, 0.15) is 12.1 Å². The molecular weight excluding hydrogens is 230 g/mol. The quantitative estimate of drug-likeness (QED) is 0.691. The van der Waals surface area contributed by atoms with E-state index in [-0.39, 0.29) is 0 Å². The molecule has 1 aromatic carbocycles. The number of aromatic nitrogens is 4. The van der Waals surface area contributed by atoms with Gasteiger partial charge < -0.3 is 10.5 Å². The molecule has 0 aliphatic rings. The first-order valence-electron chi connectivity index (χ1n) is 5.40. The molecule has 2 N–H and O–H groups in total. The fraction of sp³-hybridized carbons (Fsp3) is 0.0833. The van der Waals surface area contributed by atoms with Crippen LogP contribution in [-0.2, 0) is 7.05 Å². The highest BCUT2D eigenvalue weighted by atomic mass is 16.5. The van der Waals surface area contributed by atoms with Crippen molar-refractivity contribution in [2.75, 3.05) is 5.73 Å². The number of nitrogen functional groups attached to an aromatic ring is 1. The molecule has 0 unspecified atom stereocenters. The molecule has 6 heteroatoms. The molecule has 0 radical (unpaired) electrons. The molecule has 2 heterocycles. The number of pyridine rings is 1. The highest BCUT2D eigenvalue weighted by Crippen LogP contribution is 2.27. The van der Waals surface area contributed by atoms with E-state index >= 15 is 0 Å². The van der Waals surface area contributed by atoms with Crippen LogP contribution in [0.4, 0.5) is 5.69 Å². The largest absolute Gasteiger partial charge is 0.422 e. The summed E-state index contributed by atoms with van der Waals surface area (Å²) < 4.78 is 7.21. The number of aryl methyl sites for hydroxylation is 1. The van der Waals surface area contributed by atoms with E-state index in [9.17, 15) is 0 Å². The molecule has 0 saturated carbocycles. The minimum absolute atomic E-state index is 0.307. The molecule has 3 rings (SSSR count). The minimum atomic E-state index is 0.307. The predicted octanol–water partition coefficient (Wildman–Crippen LogP) is 1.74. The van der Waals surface area contributed by atoms with Crippen molar-refractivity contribution in [2.45, 2.75) is 0 Å². The zero-order valence-corrected chi connectivity index (χ0v) is 9.74. The first kappa shape index (κ1) is 10.5. The van der Waals surface area contributed by atoms with Crippen molar-refractivity contribution in [2.24, 2.45) is 7.05 Å². The van der Waals surface area contributed by atoms with Crippen molar-refractivity contribution in [3.63, 3.8) is 0 Å². The molecule has 0 aliphatic heterocycles. The van der Waals surface area contributed by atoms with E-state index in [1.54, 1.807) is 36.4 Å². The molecule has 18 heavy (non-hydrogen) atoms. The third-order valence-electron chi connectivity index (χ3n) is 2.51. The zero-order chi connectivity index (χ0) is 12.5. The van der Waals surface area contributed by atoms with Crippen LogP contribution in [0.2, 0.25) is 0 Å². The van der Waals surface area contributed by atoms with Gasteiger partial charge in [0.25, 0.3) is 0 Å². The molecule has 3 aromatic rings. The third kappa shape index (κ3) is 1.84. The number of anilines is 1. The van der Waals surface area contributed by atoms with E-state index in [1.807, 2.05) is 12.1 Å². The summed E-state index contributed by atoms with van der Waals surface area (Å²) in [4.78, 5) is 8.26. The van der Waals surface area contributed by atoms with Crippen molar-refractivity contribution in [1.82, 2.24) is 19.7 Å². The number of hydrogen-bond donors (Lipinski definition) is 1. The molecule has 0 spiro atoms. The van der Waals surface area contributed by atoms with Gasteiger partial charge in [-0.05, 0) is 24.3 Å². The van der Waals surface area contributed by atoms with Crippen molar-refractivity contribution < 1.29 is 4.74 Å². The smallest absolute Gasteiger partial charge is 0.341 e. The van der Waals surface area contributed by atoms with Gasteiger partial charge >= 0.3 is 6.01 Å². The van der Waals surface area contributed by atoms with Crippen LogP contribution in [0.25, 0.3) is 10.9 Å². The Morgan fingerprint density at radius 2 is 2.11 bits per heavy atom. The second kappa shape index (κ2) is 3.99. The lowest BCUT2D eigenvalue weighted by atomic mass is 10.2. The fourth-order valence-electron chi connectivity index (χ4n) is 1.69. The summed E-state index contributed by atoms with van der Waals surface area (Å²) in [5, 5.41) is 4.94. The van der Waals surface area contributed by atoms with Crippen LogP contribution in [-0.4, -0.2) is 19.7 Å². The second-order valence-corrected chi connectivity index (χ2v) is 3.89. The number of nitrogens with zero attached hydrogens (tertiary/aromatic N) is 4. The van der Waals surface area contributed by atoms with Gasteiger partial charge in [-0.15, -0.1) is 5.10 Å². The molecule has 0 bridgehead atoms. The van der Waals surface area contributed by atoms with Crippen molar-refractivity contribution in [3.8, 4) is 11.8 Å². The molecular formula is C12H11N5O. The van der Waals surface area contributed by atoms with Crippen LogP contribution in [0, 0.1) is 0 Å². The van der Waals surface area contributed by atoms with Gasteiger partial charge in [0.05, 0.1) is 5.52 Å². The molecule has 0 saturated heterocycles. The van der Waals surface area contributed by atoms with Gasteiger partial charge in [0, 0.05) is 24.3 Å². The molecule has 0 fully saturated rings. The number of rotatable bonds is 2. The lowest BCUT2D eigenvalue weighted by molar-refractivity contribution is 0.443. The van der Waals surface area contributed by atoms with E-state index in [2.05, 4.69) is 15.1 Å². The van der Waals surface area contributed by atoms with E-state index in [0.29, 0.717) is 17.4 Å². The van der Waals surface area contributed by atoms with E-state index < -0.39 is 0 Å². The second-order valence-electron chi connectivity index (χ2n) is 3.89. The van der Waals surface area contributed by atoms with Crippen molar-refractivity contribution >= 4 is 16.6 Å². The van der Waals surface area contributed by atoms with Gasteiger partial charge in [-0.3, -0.25) is 9.67 Å². The maximum atomic E-state index is 5.72. The maximum absolute atomic E-state index is 5.72. The average molecular weight is 241 g/mol. The van der Waals surface area contributed by atoms with Crippen LogP contribution in [0.1, 0.15) is 0 Å². The average Bonchev–Trinajstić information content (AvgIpc) is 2.75. The number of benzene rings is 1. The Bertz CT molecular complexity index is 707. The number of nitrogens with two attached hydrogens (primary N) is 1. The summed E-state index contributed by atoms with van der Waals surface area (Å²) in [5.74, 6) is 0.659. The SMILES string of the molecule is Cn1cnc(Oc2ccnc3cc(N)ccc23)n1. The van der Waals surface area contributed by atoms with E-state index in [0.717, 1.165) is 10.9 Å². The summed E-state index contributed by atoms with van der Waals surface area (Å²) in [6, 6.07) is 7.56. The summed E-state index contributed by atoms with van der Waals surface area (Å²) in [7, 11) is 1.78. The summed E-state index contributed by atoms with van der Waals surface area (Å²) >= 11 is 0. The van der Waals surface area contributed by atoms with E-state index in [4.69, 9.17) is 10.5 Å². The molecule has 90 valence electrons. The molecule has 0 amide bonds. The number of fused-ring (bicyclic) bond motifs is 1. The zero-order valence-electron chi connectivity index (χ0n) is 9.74. The van der Waals surface area contributed by atoms with Crippen LogP contribution in [0.5, 0.6) is 11.8 Å². The van der Waals surface area contributed by atoms with Crippen LogP contribution in [0.3, 0.4) is 0 Å². The van der Waals surface area contributed by atoms with Crippen molar-refractivity contribution in [1.29, 1.82) is 0 Å². The third-order valence-corrected chi connectivity index (χ3v) is 2.51. The minimum Gasteiger partial charge on any atom is -0.422 e. The van der Waals surface area contributed by atoms with Gasteiger partial charge in [-0.1, -0.05) is 0 Å². The highest BCUT2D eigenvalue weighted by molar-refractivity contribution is 5.87. The lowest BCUT2D eigenvalue weighted by Crippen LogP contribution is -1.92. The normalized spacial score (nSPS) is 10.7. The maximum Gasteiger partial charge on any atom is 0.341 e. The first-order chi connectivity index (χ1) is 8.72. The molecule has 0 atom stereocenters. The van der Waals surface area contributed by atoms with Gasteiger partial charge in [-0.2, -0.15) is 4.98 Å². The number of ether oxygens (including phenoxy) is 1. The van der Waals surface area contributed by atoms with Crippen LogP contribution in [0.15, 0.2) is 36.8 Å². The fourth-order valence-corrected chi connectivity index (χ4v) is 1.69. The highest BCUT2D eigenvalue weighted by Gasteiger charge is 2.07. The predicted molar refractivity (Wildman–Crippen MR) is 67.2 cm³/mol. The summed E-state index contributed by atoms with van der Waals surface area (Å²) in [5.41, 5.74) is 7.17.